The lowest BCUT2D eigenvalue weighted by Crippen LogP contribution is -2.46. The molecule has 0 spiro atoms. The Hall–Kier alpha value is -3.81. The third kappa shape index (κ3) is 7.15. The van der Waals surface area contributed by atoms with E-state index in [9.17, 15) is 19.8 Å². The van der Waals surface area contributed by atoms with Crippen molar-refractivity contribution in [1.82, 2.24) is 5.32 Å². The van der Waals surface area contributed by atoms with Crippen LogP contribution in [0.5, 0.6) is 5.75 Å². The van der Waals surface area contributed by atoms with Gasteiger partial charge in [-0.2, -0.15) is 0 Å². The van der Waals surface area contributed by atoms with Gasteiger partial charge in [-0.3, -0.25) is 4.79 Å². The number of carboxylic acid groups (broad SMARTS) is 1. The quantitative estimate of drug-likeness (QED) is 0.0642. The summed E-state index contributed by atoms with van der Waals surface area (Å²) in [5.41, 5.74) is 2.14. The standard InChI is InChI=1S/C30H34N2O8SSi/c1-4-37-42(38-5-2,39-6-3)15-7-14-31-30(41)32-19-8-11-22(25(16-19)29(35)36)28-23-12-9-20(33)17-26(23)40-27-18-21(34)10-13-24(27)28/h8-13,16-18,33H,4-7,14-15H2,1-3H3,(H,35,36)(H2,31,32,41). The van der Waals surface area contributed by atoms with Gasteiger partial charge in [-0.05, 0) is 81.4 Å². The average molecular weight is 611 g/mol. The zero-order valence-corrected chi connectivity index (χ0v) is 25.5. The number of benzene rings is 3. The molecule has 0 saturated carbocycles. The number of hydrogen-bond acceptors (Lipinski definition) is 8. The second kappa shape index (κ2) is 13.9. The molecule has 0 saturated heterocycles. The molecule has 1 aliphatic heterocycles. The molecule has 0 amide bonds. The summed E-state index contributed by atoms with van der Waals surface area (Å²) in [5.74, 6) is -0.877. The fourth-order valence-electron chi connectivity index (χ4n) is 4.85. The van der Waals surface area contributed by atoms with Crippen LogP contribution in [0.2, 0.25) is 6.04 Å². The van der Waals surface area contributed by atoms with E-state index in [0.717, 1.165) is 0 Å². The summed E-state index contributed by atoms with van der Waals surface area (Å²) in [6.45, 7) is 7.81. The van der Waals surface area contributed by atoms with E-state index in [2.05, 4.69) is 10.6 Å². The summed E-state index contributed by atoms with van der Waals surface area (Å²) in [7, 11) is -2.75. The SMILES string of the molecule is CCO[Si](CCCNC(=S)Nc1ccc(-c2c3ccc(=O)cc-3oc3cc(O)ccc23)c(C(=O)O)c1)(OCC)OCC. The second-order valence-electron chi connectivity index (χ2n) is 9.35. The highest BCUT2D eigenvalue weighted by Gasteiger charge is 2.39. The number of hydrogen-bond donors (Lipinski definition) is 4. The largest absolute Gasteiger partial charge is 0.508 e. The molecule has 4 N–H and O–H groups in total. The van der Waals surface area contributed by atoms with E-state index in [1.54, 1.807) is 24.3 Å². The van der Waals surface area contributed by atoms with E-state index in [-0.39, 0.29) is 22.5 Å². The van der Waals surface area contributed by atoms with Crippen LogP contribution >= 0.6 is 12.2 Å². The molecular formula is C30H34N2O8SSi. The van der Waals surface area contributed by atoms with Crippen LogP contribution in [-0.2, 0) is 13.3 Å². The lowest BCUT2D eigenvalue weighted by atomic mass is 9.90. The summed E-state index contributed by atoms with van der Waals surface area (Å²) >= 11 is 5.46. The number of phenols is 1. The normalized spacial score (nSPS) is 11.6. The van der Waals surface area contributed by atoms with Gasteiger partial charge >= 0.3 is 14.8 Å². The van der Waals surface area contributed by atoms with Gasteiger partial charge in [-0.25, -0.2) is 4.79 Å². The van der Waals surface area contributed by atoms with Crippen molar-refractivity contribution < 1.29 is 32.7 Å². The van der Waals surface area contributed by atoms with Crippen LogP contribution < -0.4 is 16.1 Å². The molecule has 0 fully saturated rings. The Labute approximate surface area is 249 Å². The van der Waals surface area contributed by atoms with Crippen LogP contribution in [0.15, 0.2) is 63.8 Å². The lowest BCUT2D eigenvalue weighted by molar-refractivity contribution is 0.0692. The maximum Gasteiger partial charge on any atom is 0.500 e. The number of carboxylic acids is 1. The smallest absolute Gasteiger partial charge is 0.500 e. The molecule has 222 valence electrons. The van der Waals surface area contributed by atoms with Crippen LogP contribution in [0.25, 0.3) is 33.4 Å². The first kappa shape index (κ1) is 31.1. The first-order chi connectivity index (χ1) is 20.2. The Kier molecular flexibility index (Phi) is 10.3. The van der Waals surface area contributed by atoms with Gasteiger partial charge in [0.2, 0.25) is 0 Å². The zero-order valence-electron chi connectivity index (χ0n) is 23.7. The Balaban J connectivity index is 1.56. The summed E-state index contributed by atoms with van der Waals surface area (Å²) in [4.78, 5) is 24.5. The molecule has 2 aliphatic rings. The van der Waals surface area contributed by atoms with Crippen LogP contribution in [0.1, 0.15) is 37.6 Å². The van der Waals surface area contributed by atoms with Crippen molar-refractivity contribution in [3.8, 4) is 28.2 Å². The number of aromatic carboxylic acids is 1. The first-order valence-electron chi connectivity index (χ1n) is 13.7. The minimum absolute atomic E-state index is 0.0180. The number of aromatic hydroxyl groups is 1. The van der Waals surface area contributed by atoms with E-state index in [1.807, 2.05) is 20.8 Å². The van der Waals surface area contributed by atoms with E-state index < -0.39 is 14.8 Å². The van der Waals surface area contributed by atoms with Gasteiger partial charge in [0.15, 0.2) is 10.5 Å². The van der Waals surface area contributed by atoms with Crippen molar-refractivity contribution in [2.45, 2.75) is 33.2 Å². The summed E-state index contributed by atoms with van der Waals surface area (Å²) in [6.07, 6.45) is 0.702. The molecule has 0 aromatic heterocycles. The molecule has 4 rings (SSSR count). The van der Waals surface area contributed by atoms with Crippen molar-refractivity contribution in [2.75, 3.05) is 31.7 Å². The number of thiocarbonyl (C=S) groups is 1. The van der Waals surface area contributed by atoms with Crippen LogP contribution in [0.4, 0.5) is 5.69 Å². The van der Waals surface area contributed by atoms with Gasteiger partial charge in [0.25, 0.3) is 0 Å². The van der Waals surface area contributed by atoms with Crippen LogP contribution in [-0.4, -0.2) is 56.5 Å². The van der Waals surface area contributed by atoms with Crippen molar-refractivity contribution in [3.63, 3.8) is 0 Å². The monoisotopic (exact) mass is 610 g/mol. The molecule has 2 aromatic rings. The summed E-state index contributed by atoms with van der Waals surface area (Å²) < 4.78 is 23.6. The van der Waals surface area contributed by atoms with Gasteiger partial charge in [-0.1, -0.05) is 6.07 Å². The molecule has 2 aromatic carbocycles. The van der Waals surface area contributed by atoms with E-state index in [4.69, 9.17) is 29.9 Å². The maximum absolute atomic E-state index is 12.5. The van der Waals surface area contributed by atoms with Gasteiger partial charge < -0.3 is 38.5 Å². The molecular weight excluding hydrogens is 576 g/mol. The highest BCUT2D eigenvalue weighted by atomic mass is 32.1. The number of nitrogens with one attached hydrogen (secondary N) is 2. The molecule has 12 heteroatoms. The highest BCUT2D eigenvalue weighted by molar-refractivity contribution is 7.80. The number of fused-ring (bicyclic) bond motifs is 2. The summed E-state index contributed by atoms with van der Waals surface area (Å²) in [5, 5.41) is 27.3. The minimum atomic E-state index is -2.75. The third-order valence-corrected chi connectivity index (χ3v) is 9.89. The number of anilines is 1. The Morgan fingerprint density at radius 1 is 0.952 bits per heavy atom. The molecule has 0 radical (unpaired) electrons. The Bertz CT molecular complexity index is 1590. The first-order valence-corrected chi connectivity index (χ1v) is 16.1. The van der Waals surface area contributed by atoms with Crippen molar-refractivity contribution >= 4 is 48.8 Å². The predicted molar refractivity (Wildman–Crippen MR) is 167 cm³/mol. The molecule has 10 nitrogen and oxygen atoms in total. The van der Waals surface area contributed by atoms with Crippen molar-refractivity contribution in [1.29, 1.82) is 0 Å². The average Bonchev–Trinajstić information content (AvgIpc) is 2.94. The molecule has 0 unspecified atom stereocenters. The highest BCUT2D eigenvalue weighted by Crippen LogP contribution is 2.42. The van der Waals surface area contributed by atoms with Crippen LogP contribution in [0.3, 0.4) is 0 Å². The van der Waals surface area contributed by atoms with E-state index >= 15 is 0 Å². The van der Waals surface area contributed by atoms with E-state index in [1.165, 1.54) is 30.3 Å². The number of rotatable bonds is 13. The molecule has 42 heavy (non-hydrogen) atoms. The number of carbonyl (C=O) groups is 1. The molecule has 1 heterocycles. The van der Waals surface area contributed by atoms with Gasteiger partial charge in [0.1, 0.15) is 17.1 Å². The van der Waals surface area contributed by atoms with Gasteiger partial charge in [-0.15, -0.1) is 0 Å². The Morgan fingerprint density at radius 3 is 2.31 bits per heavy atom. The molecule has 0 atom stereocenters. The second-order valence-corrected chi connectivity index (χ2v) is 12.5. The Morgan fingerprint density at radius 2 is 1.64 bits per heavy atom. The van der Waals surface area contributed by atoms with Crippen molar-refractivity contribution in [2.24, 2.45) is 0 Å². The third-order valence-electron chi connectivity index (χ3n) is 6.49. The lowest BCUT2D eigenvalue weighted by Gasteiger charge is -2.28. The zero-order chi connectivity index (χ0) is 30.3. The minimum Gasteiger partial charge on any atom is -0.508 e. The predicted octanol–water partition coefficient (Wildman–Crippen LogP) is 5.69. The van der Waals surface area contributed by atoms with E-state index in [0.29, 0.717) is 77.3 Å². The topological polar surface area (TPSA) is 139 Å². The number of phenolic OH excluding ortho intramolecular Hbond substituents is 1. The maximum atomic E-state index is 12.5. The molecule has 1 aliphatic carbocycles. The van der Waals surface area contributed by atoms with Crippen LogP contribution in [0, 0.1) is 0 Å². The van der Waals surface area contributed by atoms with Gasteiger partial charge in [0.05, 0.1) is 5.56 Å². The summed E-state index contributed by atoms with van der Waals surface area (Å²) in [6, 6.07) is 14.5. The fourth-order valence-corrected chi connectivity index (χ4v) is 7.68. The van der Waals surface area contributed by atoms with Crippen molar-refractivity contribution in [3.05, 3.63) is 70.4 Å². The molecule has 0 bridgehead atoms. The van der Waals surface area contributed by atoms with Gasteiger partial charge in [0, 0.05) is 66.7 Å². The fraction of sp³-hybridized carbons (Fsp3) is 0.300.